The fourth-order valence-electron chi connectivity index (χ4n) is 1.82. The number of hydrogen-bond acceptors (Lipinski definition) is 4. The van der Waals surface area contributed by atoms with E-state index in [0.29, 0.717) is 11.6 Å². The van der Waals surface area contributed by atoms with Crippen molar-refractivity contribution < 1.29 is 5.11 Å². The summed E-state index contributed by atoms with van der Waals surface area (Å²) in [7, 11) is 0. The van der Waals surface area contributed by atoms with Crippen molar-refractivity contribution in [1.82, 2.24) is 10.3 Å². The third-order valence-electron chi connectivity index (χ3n) is 2.95. The Labute approximate surface area is 122 Å². The first kappa shape index (κ1) is 14.5. The van der Waals surface area contributed by atoms with Crippen molar-refractivity contribution in [2.45, 2.75) is 26.0 Å². The van der Waals surface area contributed by atoms with Crippen LogP contribution in [0.1, 0.15) is 34.5 Å². The molecule has 0 aliphatic carbocycles. The summed E-state index contributed by atoms with van der Waals surface area (Å²) in [6, 6.07) is 7.53. The van der Waals surface area contributed by atoms with Gasteiger partial charge < -0.3 is 10.4 Å². The Balaban J connectivity index is 1.94. The molecule has 2 atom stereocenters. The highest BCUT2D eigenvalue weighted by Crippen LogP contribution is 2.24. The maximum absolute atomic E-state index is 10.1. The summed E-state index contributed by atoms with van der Waals surface area (Å²) in [5.74, 6) is 0. The van der Waals surface area contributed by atoms with Crippen molar-refractivity contribution in [2.75, 3.05) is 6.54 Å². The summed E-state index contributed by atoms with van der Waals surface area (Å²) in [5, 5.41) is 15.1. The minimum Gasteiger partial charge on any atom is -0.387 e. The third kappa shape index (κ3) is 3.76. The van der Waals surface area contributed by atoms with Crippen molar-refractivity contribution in [1.29, 1.82) is 0 Å². The van der Waals surface area contributed by atoms with Gasteiger partial charge in [-0.1, -0.05) is 29.8 Å². The molecule has 2 rings (SSSR count). The van der Waals surface area contributed by atoms with Crippen LogP contribution in [0.15, 0.2) is 30.5 Å². The van der Waals surface area contributed by atoms with Crippen LogP contribution in [0.5, 0.6) is 0 Å². The number of rotatable bonds is 5. The quantitative estimate of drug-likeness (QED) is 0.888. The second-order valence-corrected chi connectivity index (χ2v) is 6.12. The van der Waals surface area contributed by atoms with Gasteiger partial charge in [-0.15, -0.1) is 11.3 Å². The van der Waals surface area contributed by atoms with Crippen LogP contribution in [-0.2, 0) is 0 Å². The molecule has 0 bridgehead atoms. The standard InChI is InChI=1S/C14H17ClN2OS/c1-9(14-8-17-10(2)19-14)16-7-13(18)11-5-3-4-6-12(11)15/h3-6,8-9,13,16,18H,7H2,1-2H3. The van der Waals surface area contributed by atoms with Gasteiger partial charge in [0, 0.05) is 34.2 Å². The van der Waals surface area contributed by atoms with Gasteiger partial charge in [0.05, 0.1) is 11.1 Å². The Morgan fingerprint density at radius 2 is 2.16 bits per heavy atom. The van der Waals surface area contributed by atoms with Crippen molar-refractivity contribution in [2.24, 2.45) is 0 Å². The fraction of sp³-hybridized carbons (Fsp3) is 0.357. The van der Waals surface area contributed by atoms with Crippen LogP contribution in [-0.4, -0.2) is 16.6 Å². The minimum atomic E-state index is -0.606. The predicted molar refractivity (Wildman–Crippen MR) is 79.7 cm³/mol. The van der Waals surface area contributed by atoms with E-state index in [0.717, 1.165) is 10.6 Å². The molecule has 2 N–H and O–H groups in total. The second kappa shape index (κ2) is 6.48. The summed E-state index contributed by atoms with van der Waals surface area (Å²) >= 11 is 7.72. The van der Waals surface area contributed by atoms with E-state index >= 15 is 0 Å². The van der Waals surface area contributed by atoms with E-state index in [-0.39, 0.29) is 6.04 Å². The number of halogens is 1. The first-order valence-corrected chi connectivity index (χ1v) is 7.35. The minimum absolute atomic E-state index is 0.170. The van der Waals surface area contributed by atoms with Crippen LogP contribution < -0.4 is 5.32 Å². The van der Waals surface area contributed by atoms with Crippen LogP contribution in [0.4, 0.5) is 0 Å². The molecular weight excluding hydrogens is 280 g/mol. The van der Waals surface area contributed by atoms with Crippen LogP contribution >= 0.6 is 22.9 Å². The lowest BCUT2D eigenvalue weighted by Crippen LogP contribution is -2.24. The molecule has 0 saturated carbocycles. The van der Waals surface area contributed by atoms with Crippen molar-refractivity contribution in [3.63, 3.8) is 0 Å². The Hall–Kier alpha value is -0.940. The van der Waals surface area contributed by atoms with Crippen LogP contribution in [0.25, 0.3) is 0 Å². The Kier molecular flexibility index (Phi) is 4.93. The normalized spacial score (nSPS) is 14.3. The smallest absolute Gasteiger partial charge is 0.0928 e. The Morgan fingerprint density at radius 1 is 1.42 bits per heavy atom. The highest BCUT2D eigenvalue weighted by atomic mass is 35.5. The summed E-state index contributed by atoms with van der Waals surface area (Å²) in [6.07, 6.45) is 1.27. The second-order valence-electron chi connectivity index (χ2n) is 4.45. The van der Waals surface area contributed by atoms with Crippen molar-refractivity contribution in [3.8, 4) is 0 Å². The Morgan fingerprint density at radius 3 is 2.79 bits per heavy atom. The molecule has 1 heterocycles. The van der Waals surface area contributed by atoms with Crippen molar-refractivity contribution in [3.05, 3.63) is 50.9 Å². The summed E-state index contributed by atoms with van der Waals surface area (Å²) < 4.78 is 0. The number of hydrogen-bond donors (Lipinski definition) is 2. The maximum atomic E-state index is 10.1. The van der Waals surface area contributed by atoms with E-state index in [1.165, 1.54) is 4.88 Å². The van der Waals surface area contributed by atoms with Gasteiger partial charge in [0.25, 0.3) is 0 Å². The molecule has 0 saturated heterocycles. The molecule has 19 heavy (non-hydrogen) atoms. The number of aromatic nitrogens is 1. The summed E-state index contributed by atoms with van der Waals surface area (Å²) in [4.78, 5) is 5.40. The Bertz CT molecular complexity index is 544. The number of nitrogens with one attached hydrogen (secondary N) is 1. The van der Waals surface area contributed by atoms with Crippen molar-refractivity contribution >= 4 is 22.9 Å². The first-order valence-electron chi connectivity index (χ1n) is 6.16. The zero-order chi connectivity index (χ0) is 13.8. The first-order chi connectivity index (χ1) is 9.08. The predicted octanol–water partition coefficient (Wildman–Crippen LogP) is 3.49. The van der Waals surface area contributed by atoms with Crippen LogP contribution in [0.2, 0.25) is 5.02 Å². The van der Waals surface area contributed by atoms with Gasteiger partial charge in [-0.3, -0.25) is 0 Å². The average Bonchev–Trinajstić information content (AvgIpc) is 2.83. The molecule has 1 aromatic heterocycles. The summed E-state index contributed by atoms with van der Waals surface area (Å²) in [6.45, 7) is 4.51. The largest absolute Gasteiger partial charge is 0.387 e. The molecule has 0 radical (unpaired) electrons. The van der Waals surface area contributed by atoms with Gasteiger partial charge in [0.15, 0.2) is 0 Å². The molecule has 0 aliphatic heterocycles. The van der Waals surface area contributed by atoms with Gasteiger partial charge in [-0.25, -0.2) is 4.98 Å². The molecule has 2 unspecified atom stereocenters. The zero-order valence-electron chi connectivity index (χ0n) is 10.9. The van der Waals surface area contributed by atoms with Crippen LogP contribution in [0, 0.1) is 6.92 Å². The lowest BCUT2D eigenvalue weighted by atomic mass is 10.1. The molecule has 3 nitrogen and oxygen atoms in total. The van der Waals surface area contributed by atoms with E-state index in [9.17, 15) is 5.11 Å². The fourth-order valence-corrected chi connectivity index (χ4v) is 2.90. The van der Waals surface area contributed by atoms with E-state index < -0.39 is 6.10 Å². The van der Waals surface area contributed by atoms with Gasteiger partial charge in [-0.2, -0.15) is 0 Å². The average molecular weight is 297 g/mol. The summed E-state index contributed by atoms with van der Waals surface area (Å²) in [5.41, 5.74) is 0.754. The highest BCUT2D eigenvalue weighted by molar-refractivity contribution is 7.11. The SMILES string of the molecule is Cc1ncc(C(C)NCC(O)c2ccccc2Cl)s1. The lowest BCUT2D eigenvalue weighted by Gasteiger charge is -2.17. The molecule has 0 aliphatic rings. The van der Waals surface area contributed by atoms with Gasteiger partial charge in [0.1, 0.15) is 0 Å². The topological polar surface area (TPSA) is 45.2 Å². The molecular formula is C14H17ClN2OS. The number of aliphatic hydroxyl groups is 1. The van der Waals surface area contributed by atoms with E-state index in [4.69, 9.17) is 11.6 Å². The monoisotopic (exact) mass is 296 g/mol. The number of aliphatic hydroxyl groups excluding tert-OH is 1. The number of thiazole rings is 1. The number of benzene rings is 1. The van der Waals surface area contributed by atoms with Gasteiger partial charge >= 0.3 is 0 Å². The number of nitrogens with zero attached hydrogens (tertiary/aromatic N) is 1. The highest BCUT2D eigenvalue weighted by Gasteiger charge is 2.14. The van der Waals surface area contributed by atoms with E-state index in [1.807, 2.05) is 31.3 Å². The molecule has 5 heteroatoms. The lowest BCUT2D eigenvalue weighted by molar-refractivity contribution is 0.171. The molecule has 1 aromatic carbocycles. The van der Waals surface area contributed by atoms with E-state index in [1.54, 1.807) is 17.4 Å². The molecule has 0 fully saturated rings. The number of aryl methyl sites for hydroxylation is 1. The zero-order valence-corrected chi connectivity index (χ0v) is 12.5. The maximum Gasteiger partial charge on any atom is 0.0928 e. The third-order valence-corrected chi connectivity index (χ3v) is 4.39. The van der Waals surface area contributed by atoms with Crippen LogP contribution in [0.3, 0.4) is 0 Å². The molecule has 2 aromatic rings. The van der Waals surface area contributed by atoms with E-state index in [2.05, 4.69) is 17.2 Å². The van der Waals surface area contributed by atoms with Gasteiger partial charge in [-0.05, 0) is 19.9 Å². The molecule has 0 amide bonds. The van der Waals surface area contributed by atoms with Gasteiger partial charge in [0.2, 0.25) is 0 Å². The molecule has 102 valence electrons. The molecule has 0 spiro atoms.